The Balaban J connectivity index is 2.01. The highest BCUT2D eigenvalue weighted by Crippen LogP contribution is 2.22. The van der Waals surface area contributed by atoms with Crippen LogP contribution in [0.5, 0.6) is 5.75 Å². The van der Waals surface area contributed by atoms with E-state index >= 15 is 0 Å². The Bertz CT molecular complexity index is 643. The molecule has 0 aliphatic heterocycles. The highest BCUT2D eigenvalue weighted by molar-refractivity contribution is 7.09. The summed E-state index contributed by atoms with van der Waals surface area (Å²) in [7, 11) is 1.63. The molecule has 0 radical (unpaired) electrons. The molecule has 3 N–H and O–H groups in total. The van der Waals surface area contributed by atoms with Crippen LogP contribution in [-0.2, 0) is 11.3 Å². The van der Waals surface area contributed by atoms with Crippen LogP contribution in [-0.4, -0.2) is 31.2 Å². The molecule has 0 aliphatic carbocycles. The number of aromatic nitrogens is 1. The number of aryl methyl sites for hydroxylation is 1. The average Bonchev–Trinajstić information content (AvgIpc) is 2.99. The summed E-state index contributed by atoms with van der Waals surface area (Å²) in [5.41, 5.74) is 7.52. The van der Waals surface area contributed by atoms with E-state index in [1.807, 2.05) is 25.1 Å². The van der Waals surface area contributed by atoms with Gasteiger partial charge in [-0.15, -0.1) is 11.3 Å². The van der Waals surface area contributed by atoms with Gasteiger partial charge in [-0.2, -0.15) is 0 Å². The van der Waals surface area contributed by atoms with Crippen molar-refractivity contribution < 1.29 is 14.3 Å². The number of nitrogens with zero attached hydrogens (tertiary/aromatic N) is 1. The third-order valence-electron chi connectivity index (χ3n) is 2.96. The molecule has 0 saturated heterocycles. The van der Waals surface area contributed by atoms with Crippen molar-refractivity contribution in [2.75, 3.05) is 25.6 Å². The SMILES string of the molecule is COCCOc1ccc(NC(=O)c2csc(CN)n2)c(C)c1. The van der Waals surface area contributed by atoms with Crippen LogP contribution in [0.25, 0.3) is 0 Å². The van der Waals surface area contributed by atoms with Gasteiger partial charge in [-0.25, -0.2) is 4.98 Å². The lowest BCUT2D eigenvalue weighted by molar-refractivity contribution is 0.102. The number of nitrogens with two attached hydrogens (primary N) is 1. The maximum Gasteiger partial charge on any atom is 0.275 e. The Kier molecular flexibility index (Phi) is 5.88. The Morgan fingerprint density at radius 3 is 2.86 bits per heavy atom. The van der Waals surface area contributed by atoms with Crippen LogP contribution in [0, 0.1) is 6.92 Å². The van der Waals surface area contributed by atoms with Crippen molar-refractivity contribution in [2.24, 2.45) is 5.73 Å². The number of rotatable bonds is 7. The van der Waals surface area contributed by atoms with E-state index in [-0.39, 0.29) is 5.91 Å². The summed E-state index contributed by atoms with van der Waals surface area (Å²) in [6, 6.07) is 5.49. The van der Waals surface area contributed by atoms with Crippen molar-refractivity contribution in [3.8, 4) is 5.75 Å². The van der Waals surface area contributed by atoms with Gasteiger partial charge in [0.15, 0.2) is 0 Å². The molecule has 1 amide bonds. The smallest absolute Gasteiger partial charge is 0.275 e. The van der Waals surface area contributed by atoms with E-state index in [4.69, 9.17) is 15.2 Å². The number of amides is 1. The van der Waals surface area contributed by atoms with Crippen molar-refractivity contribution >= 4 is 22.9 Å². The topological polar surface area (TPSA) is 86.5 Å². The molecule has 0 bridgehead atoms. The maximum atomic E-state index is 12.1. The molecule has 2 rings (SSSR count). The van der Waals surface area contributed by atoms with Gasteiger partial charge < -0.3 is 20.5 Å². The highest BCUT2D eigenvalue weighted by Gasteiger charge is 2.12. The number of hydrogen-bond donors (Lipinski definition) is 2. The van der Waals surface area contributed by atoms with E-state index in [9.17, 15) is 4.79 Å². The van der Waals surface area contributed by atoms with Crippen LogP contribution in [0.3, 0.4) is 0 Å². The summed E-state index contributed by atoms with van der Waals surface area (Å²) in [6.45, 7) is 3.27. The lowest BCUT2D eigenvalue weighted by Gasteiger charge is -2.10. The third-order valence-corrected chi connectivity index (χ3v) is 3.83. The summed E-state index contributed by atoms with van der Waals surface area (Å²) < 4.78 is 10.5. The van der Waals surface area contributed by atoms with Crippen molar-refractivity contribution in [1.82, 2.24) is 4.98 Å². The molecule has 0 fully saturated rings. The van der Waals surface area contributed by atoms with E-state index in [0.29, 0.717) is 25.5 Å². The van der Waals surface area contributed by atoms with Crippen LogP contribution in [0.4, 0.5) is 5.69 Å². The van der Waals surface area contributed by atoms with Gasteiger partial charge in [-0.3, -0.25) is 4.79 Å². The van der Waals surface area contributed by atoms with E-state index in [2.05, 4.69) is 10.3 Å². The van der Waals surface area contributed by atoms with Crippen LogP contribution in [0.2, 0.25) is 0 Å². The van der Waals surface area contributed by atoms with Gasteiger partial charge in [0.2, 0.25) is 0 Å². The number of carbonyl (C=O) groups excluding carboxylic acids is 1. The number of methoxy groups -OCH3 is 1. The van der Waals surface area contributed by atoms with E-state index < -0.39 is 0 Å². The van der Waals surface area contributed by atoms with Gasteiger partial charge in [0, 0.05) is 24.7 Å². The van der Waals surface area contributed by atoms with Crippen molar-refractivity contribution in [1.29, 1.82) is 0 Å². The van der Waals surface area contributed by atoms with Gasteiger partial charge in [0.05, 0.1) is 6.61 Å². The first kappa shape index (κ1) is 16.4. The number of hydrogen-bond acceptors (Lipinski definition) is 6. The monoisotopic (exact) mass is 321 g/mol. The second-order valence-electron chi connectivity index (χ2n) is 4.60. The zero-order chi connectivity index (χ0) is 15.9. The maximum absolute atomic E-state index is 12.1. The molecule has 118 valence electrons. The fourth-order valence-corrected chi connectivity index (χ4v) is 2.46. The van der Waals surface area contributed by atoms with Gasteiger partial charge in [-0.05, 0) is 30.7 Å². The van der Waals surface area contributed by atoms with Gasteiger partial charge in [0.1, 0.15) is 23.1 Å². The summed E-state index contributed by atoms with van der Waals surface area (Å²) in [4.78, 5) is 16.3. The molecule has 1 aromatic heterocycles. The Hall–Kier alpha value is -1.96. The predicted molar refractivity (Wildman–Crippen MR) is 86.5 cm³/mol. The molecule has 1 aromatic carbocycles. The molecule has 6 nitrogen and oxygen atoms in total. The molecule has 0 saturated carbocycles. The lowest BCUT2D eigenvalue weighted by Crippen LogP contribution is -2.13. The van der Waals surface area contributed by atoms with Crippen LogP contribution in [0.1, 0.15) is 21.1 Å². The van der Waals surface area contributed by atoms with Crippen molar-refractivity contribution in [3.05, 3.63) is 39.8 Å². The lowest BCUT2D eigenvalue weighted by atomic mass is 10.2. The number of benzene rings is 1. The quantitative estimate of drug-likeness (QED) is 0.763. The zero-order valence-corrected chi connectivity index (χ0v) is 13.4. The van der Waals surface area contributed by atoms with Crippen LogP contribution in [0.15, 0.2) is 23.6 Å². The summed E-state index contributed by atoms with van der Waals surface area (Å²) >= 11 is 1.38. The fourth-order valence-electron chi connectivity index (χ4n) is 1.80. The number of ether oxygens (including phenoxy) is 2. The second kappa shape index (κ2) is 7.88. The fraction of sp³-hybridized carbons (Fsp3) is 0.333. The van der Waals surface area contributed by atoms with Crippen LogP contribution >= 0.6 is 11.3 Å². The third kappa shape index (κ3) is 4.27. The molecular formula is C15H19N3O3S. The number of nitrogens with one attached hydrogen (secondary N) is 1. The van der Waals surface area contributed by atoms with Crippen molar-refractivity contribution in [2.45, 2.75) is 13.5 Å². The second-order valence-corrected chi connectivity index (χ2v) is 5.55. The highest BCUT2D eigenvalue weighted by atomic mass is 32.1. The number of carbonyl (C=O) groups is 1. The minimum absolute atomic E-state index is 0.243. The standard InChI is InChI=1S/C15H19N3O3S/c1-10-7-11(21-6-5-20-2)3-4-12(10)18-15(19)13-9-22-14(8-16)17-13/h3-4,7,9H,5-6,8,16H2,1-2H3,(H,18,19). The number of anilines is 1. The van der Waals surface area contributed by atoms with E-state index in [0.717, 1.165) is 22.0 Å². The molecule has 0 atom stereocenters. The molecule has 0 spiro atoms. The van der Waals surface area contributed by atoms with Gasteiger partial charge in [0.25, 0.3) is 5.91 Å². The summed E-state index contributed by atoms with van der Waals surface area (Å²) in [6.07, 6.45) is 0. The predicted octanol–water partition coefficient (Wildman–Crippen LogP) is 2.19. The zero-order valence-electron chi connectivity index (χ0n) is 12.6. The van der Waals surface area contributed by atoms with E-state index in [1.54, 1.807) is 12.5 Å². The van der Waals surface area contributed by atoms with Gasteiger partial charge in [-0.1, -0.05) is 0 Å². The molecule has 0 unspecified atom stereocenters. The minimum atomic E-state index is -0.243. The van der Waals surface area contributed by atoms with E-state index in [1.165, 1.54) is 11.3 Å². The molecule has 2 aromatic rings. The summed E-state index contributed by atoms with van der Waals surface area (Å²) in [5, 5.41) is 5.29. The first-order valence-corrected chi connectivity index (χ1v) is 7.70. The minimum Gasteiger partial charge on any atom is -0.491 e. The molecule has 0 aliphatic rings. The Morgan fingerprint density at radius 1 is 1.41 bits per heavy atom. The first-order valence-electron chi connectivity index (χ1n) is 6.82. The molecular weight excluding hydrogens is 302 g/mol. The molecule has 22 heavy (non-hydrogen) atoms. The Labute approximate surface area is 133 Å². The molecule has 1 heterocycles. The first-order chi connectivity index (χ1) is 10.6. The largest absolute Gasteiger partial charge is 0.491 e. The molecule has 7 heteroatoms. The van der Waals surface area contributed by atoms with Gasteiger partial charge >= 0.3 is 0 Å². The number of thiazole rings is 1. The van der Waals surface area contributed by atoms with Crippen molar-refractivity contribution in [3.63, 3.8) is 0 Å². The Morgan fingerprint density at radius 2 is 2.23 bits per heavy atom. The average molecular weight is 321 g/mol. The summed E-state index contributed by atoms with van der Waals surface area (Å²) in [5.74, 6) is 0.499. The normalized spacial score (nSPS) is 10.5. The van der Waals surface area contributed by atoms with Crippen LogP contribution < -0.4 is 15.8 Å².